The fourth-order valence-electron chi connectivity index (χ4n) is 3.98. The van der Waals surface area contributed by atoms with Crippen LogP contribution in [0.3, 0.4) is 0 Å². The summed E-state index contributed by atoms with van der Waals surface area (Å²) in [4.78, 5) is 13.3. The number of amides is 1. The van der Waals surface area contributed by atoms with E-state index in [0.717, 1.165) is 27.4 Å². The highest BCUT2D eigenvalue weighted by molar-refractivity contribution is 7.92. The lowest BCUT2D eigenvalue weighted by Gasteiger charge is -2.38. The van der Waals surface area contributed by atoms with Crippen LogP contribution in [0, 0.1) is 6.92 Å². The number of fused-ring (bicyclic) bond motifs is 1. The Balaban J connectivity index is 1.94. The standard InChI is InChI=1S/C23H30N2O5S/c1-15-11-12-21(29-5)19(13-15)25(31(6,27)28)16(2)22(26)24-18-14-23(3,4)30-20-10-8-7-9-17(18)20/h7-13,16,18H,14H2,1-6H3,(H,24,26)/t16-,18-/m1/s1. The monoisotopic (exact) mass is 446 g/mol. The maximum absolute atomic E-state index is 13.3. The summed E-state index contributed by atoms with van der Waals surface area (Å²) in [6, 6.07) is 11.5. The van der Waals surface area contributed by atoms with Crippen molar-refractivity contribution < 1.29 is 22.7 Å². The Labute approximate surface area is 184 Å². The normalized spacial score (nSPS) is 18.3. The first-order chi connectivity index (χ1) is 14.4. The number of ether oxygens (including phenoxy) is 2. The van der Waals surface area contributed by atoms with Crippen LogP contribution in [-0.4, -0.2) is 39.3 Å². The molecule has 3 rings (SSSR count). The number of hydrogen-bond donors (Lipinski definition) is 1. The van der Waals surface area contributed by atoms with E-state index in [0.29, 0.717) is 17.9 Å². The molecule has 168 valence electrons. The number of benzene rings is 2. The Hall–Kier alpha value is -2.74. The van der Waals surface area contributed by atoms with Crippen LogP contribution in [0.1, 0.15) is 44.4 Å². The molecule has 1 aliphatic heterocycles. The summed E-state index contributed by atoms with van der Waals surface area (Å²) in [7, 11) is -2.30. The minimum Gasteiger partial charge on any atom is -0.495 e. The van der Waals surface area contributed by atoms with Crippen molar-refractivity contribution in [2.75, 3.05) is 17.7 Å². The van der Waals surface area contributed by atoms with Gasteiger partial charge in [-0.2, -0.15) is 0 Å². The Kier molecular flexibility index (Phi) is 6.23. The lowest BCUT2D eigenvalue weighted by Crippen LogP contribution is -2.50. The molecule has 31 heavy (non-hydrogen) atoms. The molecule has 2 aromatic rings. The number of rotatable bonds is 6. The van der Waals surface area contributed by atoms with Gasteiger partial charge in [-0.3, -0.25) is 9.10 Å². The van der Waals surface area contributed by atoms with E-state index in [2.05, 4.69) is 5.32 Å². The number of aryl methyl sites for hydroxylation is 1. The molecule has 1 amide bonds. The Morgan fingerprint density at radius 1 is 1.26 bits per heavy atom. The van der Waals surface area contributed by atoms with E-state index in [1.54, 1.807) is 19.1 Å². The van der Waals surface area contributed by atoms with Gasteiger partial charge in [-0.05, 0) is 51.5 Å². The van der Waals surface area contributed by atoms with Crippen LogP contribution < -0.4 is 19.1 Å². The third kappa shape index (κ3) is 4.95. The Morgan fingerprint density at radius 3 is 2.58 bits per heavy atom. The quantitative estimate of drug-likeness (QED) is 0.733. The van der Waals surface area contributed by atoms with E-state index in [9.17, 15) is 13.2 Å². The van der Waals surface area contributed by atoms with Gasteiger partial charge in [0, 0.05) is 12.0 Å². The number of anilines is 1. The number of nitrogens with zero attached hydrogens (tertiary/aromatic N) is 1. The molecule has 0 unspecified atom stereocenters. The van der Waals surface area contributed by atoms with Crippen molar-refractivity contribution >= 4 is 21.6 Å². The molecule has 0 saturated carbocycles. The molecule has 0 radical (unpaired) electrons. The Morgan fingerprint density at radius 2 is 1.94 bits per heavy atom. The number of hydrogen-bond acceptors (Lipinski definition) is 5. The van der Waals surface area contributed by atoms with Crippen LogP contribution in [0.5, 0.6) is 11.5 Å². The number of sulfonamides is 1. The first kappa shape index (κ1) is 22.9. The summed E-state index contributed by atoms with van der Waals surface area (Å²) in [6.07, 6.45) is 1.65. The fourth-order valence-corrected chi connectivity index (χ4v) is 5.15. The molecule has 1 aliphatic rings. The van der Waals surface area contributed by atoms with Gasteiger partial charge in [0.1, 0.15) is 23.1 Å². The smallest absolute Gasteiger partial charge is 0.244 e. The summed E-state index contributed by atoms with van der Waals surface area (Å²) in [6.45, 7) is 7.36. The predicted molar refractivity (Wildman–Crippen MR) is 121 cm³/mol. The van der Waals surface area contributed by atoms with E-state index in [-0.39, 0.29) is 6.04 Å². The van der Waals surface area contributed by atoms with Crippen molar-refractivity contribution in [3.63, 3.8) is 0 Å². The third-order valence-electron chi connectivity index (χ3n) is 5.35. The highest BCUT2D eigenvalue weighted by Gasteiger charge is 2.37. The van der Waals surface area contributed by atoms with Crippen molar-refractivity contribution in [2.45, 2.75) is 51.8 Å². The molecule has 0 bridgehead atoms. The van der Waals surface area contributed by atoms with E-state index in [4.69, 9.17) is 9.47 Å². The van der Waals surface area contributed by atoms with Crippen LogP contribution in [0.2, 0.25) is 0 Å². The molecular formula is C23H30N2O5S. The van der Waals surface area contributed by atoms with Gasteiger partial charge in [-0.15, -0.1) is 0 Å². The van der Waals surface area contributed by atoms with Crippen LogP contribution in [-0.2, 0) is 14.8 Å². The second-order valence-corrected chi connectivity index (χ2v) is 10.4. The average molecular weight is 447 g/mol. The van der Waals surface area contributed by atoms with E-state index in [1.807, 2.05) is 51.1 Å². The van der Waals surface area contributed by atoms with Crippen molar-refractivity contribution in [1.29, 1.82) is 0 Å². The molecule has 0 spiro atoms. The molecule has 0 fully saturated rings. The van der Waals surface area contributed by atoms with Gasteiger partial charge in [0.2, 0.25) is 15.9 Å². The van der Waals surface area contributed by atoms with Gasteiger partial charge in [-0.25, -0.2) is 8.42 Å². The zero-order valence-corrected chi connectivity index (χ0v) is 19.6. The van der Waals surface area contributed by atoms with Crippen molar-refractivity contribution in [3.8, 4) is 11.5 Å². The number of nitrogens with one attached hydrogen (secondary N) is 1. The summed E-state index contributed by atoms with van der Waals surface area (Å²) < 4.78 is 38.0. The summed E-state index contributed by atoms with van der Waals surface area (Å²) >= 11 is 0. The molecular weight excluding hydrogens is 416 g/mol. The van der Waals surface area contributed by atoms with Gasteiger partial charge < -0.3 is 14.8 Å². The van der Waals surface area contributed by atoms with Crippen molar-refractivity contribution in [2.24, 2.45) is 0 Å². The van der Waals surface area contributed by atoms with Gasteiger partial charge >= 0.3 is 0 Å². The largest absolute Gasteiger partial charge is 0.495 e. The number of carbonyl (C=O) groups excluding carboxylic acids is 1. The minimum absolute atomic E-state index is 0.296. The van der Waals surface area contributed by atoms with Gasteiger partial charge in [-0.1, -0.05) is 24.3 Å². The average Bonchev–Trinajstić information content (AvgIpc) is 2.66. The highest BCUT2D eigenvalue weighted by atomic mass is 32.2. The second kappa shape index (κ2) is 8.42. The number of methoxy groups -OCH3 is 1. The molecule has 2 atom stereocenters. The molecule has 2 aromatic carbocycles. The summed E-state index contributed by atoms with van der Waals surface area (Å²) in [5, 5.41) is 3.04. The Bertz CT molecular complexity index is 1080. The zero-order chi connectivity index (χ0) is 23.0. The minimum atomic E-state index is -3.77. The van der Waals surface area contributed by atoms with Crippen molar-refractivity contribution in [1.82, 2.24) is 5.32 Å². The first-order valence-electron chi connectivity index (χ1n) is 10.2. The first-order valence-corrected chi connectivity index (χ1v) is 12.0. The van der Waals surface area contributed by atoms with Crippen LogP contribution >= 0.6 is 0 Å². The summed E-state index contributed by atoms with van der Waals surface area (Å²) in [5.41, 5.74) is 1.60. The molecule has 8 heteroatoms. The molecule has 0 aromatic heterocycles. The highest BCUT2D eigenvalue weighted by Crippen LogP contribution is 2.39. The SMILES string of the molecule is COc1ccc(C)cc1N([C@H](C)C(=O)N[C@@H]1CC(C)(C)Oc2ccccc21)S(C)(=O)=O. The lowest BCUT2D eigenvalue weighted by atomic mass is 9.89. The van der Waals surface area contributed by atoms with Gasteiger partial charge in [0.05, 0.1) is 25.1 Å². The zero-order valence-electron chi connectivity index (χ0n) is 18.8. The van der Waals surface area contributed by atoms with E-state index in [1.165, 1.54) is 7.11 Å². The lowest BCUT2D eigenvalue weighted by molar-refractivity contribution is -0.123. The van der Waals surface area contributed by atoms with E-state index >= 15 is 0 Å². The maximum atomic E-state index is 13.3. The summed E-state index contributed by atoms with van der Waals surface area (Å²) in [5.74, 6) is 0.705. The van der Waals surface area contributed by atoms with E-state index < -0.39 is 27.6 Å². The topological polar surface area (TPSA) is 84.9 Å². The number of para-hydroxylation sites is 1. The van der Waals surface area contributed by atoms with Crippen molar-refractivity contribution in [3.05, 3.63) is 53.6 Å². The molecule has 0 saturated heterocycles. The molecule has 0 aliphatic carbocycles. The molecule has 7 nitrogen and oxygen atoms in total. The van der Waals surface area contributed by atoms with Gasteiger partial charge in [0.25, 0.3) is 0 Å². The van der Waals surface area contributed by atoms with Crippen LogP contribution in [0.15, 0.2) is 42.5 Å². The number of carbonyl (C=O) groups is 1. The molecule has 1 heterocycles. The second-order valence-electron chi connectivity index (χ2n) is 8.57. The van der Waals surface area contributed by atoms with Crippen LogP contribution in [0.25, 0.3) is 0 Å². The van der Waals surface area contributed by atoms with Crippen LogP contribution in [0.4, 0.5) is 5.69 Å². The predicted octanol–water partition coefficient (Wildman–Crippen LogP) is 3.58. The van der Waals surface area contributed by atoms with Gasteiger partial charge in [0.15, 0.2) is 0 Å². The molecule has 1 N–H and O–H groups in total. The fraction of sp³-hybridized carbons (Fsp3) is 0.435. The third-order valence-corrected chi connectivity index (χ3v) is 6.58. The maximum Gasteiger partial charge on any atom is 0.244 e.